The van der Waals surface area contributed by atoms with Crippen molar-refractivity contribution >= 4 is 5.91 Å². The second-order valence-electron chi connectivity index (χ2n) is 10.6. The van der Waals surface area contributed by atoms with Crippen molar-refractivity contribution in [2.45, 2.75) is 70.5 Å². The molecule has 0 aromatic heterocycles. The first-order valence-corrected chi connectivity index (χ1v) is 13.1. The summed E-state index contributed by atoms with van der Waals surface area (Å²) in [6, 6.07) is 30.0. The Labute approximate surface area is 211 Å². The number of hydrogen-bond acceptors (Lipinski definition) is 2. The molecule has 0 unspecified atom stereocenters. The fourth-order valence-electron chi connectivity index (χ4n) is 5.40. The van der Waals surface area contributed by atoms with Crippen molar-refractivity contribution in [1.82, 2.24) is 10.2 Å². The van der Waals surface area contributed by atoms with Crippen LogP contribution >= 0.6 is 0 Å². The van der Waals surface area contributed by atoms with Gasteiger partial charge in [0.15, 0.2) is 0 Å². The first kappa shape index (κ1) is 25.2. The Morgan fingerprint density at radius 2 is 1.51 bits per heavy atom. The Hall–Kier alpha value is -2.91. The van der Waals surface area contributed by atoms with E-state index in [1.54, 1.807) is 0 Å². The van der Waals surface area contributed by atoms with E-state index in [0.29, 0.717) is 5.92 Å². The zero-order valence-corrected chi connectivity index (χ0v) is 21.7. The first-order chi connectivity index (χ1) is 16.9. The summed E-state index contributed by atoms with van der Waals surface area (Å²) in [6.45, 7) is 7.39. The summed E-state index contributed by atoms with van der Waals surface area (Å²) in [5, 5.41) is 3.70. The molecule has 0 aliphatic heterocycles. The quantitative estimate of drug-likeness (QED) is 0.379. The largest absolute Gasteiger partial charge is 0.339 e. The van der Waals surface area contributed by atoms with Gasteiger partial charge in [0.2, 0.25) is 5.91 Å². The van der Waals surface area contributed by atoms with Gasteiger partial charge in [0.25, 0.3) is 0 Å². The Bertz CT molecular complexity index is 1080. The highest BCUT2D eigenvalue weighted by Crippen LogP contribution is 2.40. The van der Waals surface area contributed by atoms with Crippen LogP contribution in [0.3, 0.4) is 0 Å². The standard InChI is InChI=1S/C32H40N2O/c1-24(26-13-7-5-8-14-26)34(4)31(35)30-18-12-11-17-29(30)27-21-19-25(20-22-27)23-33-32(2,3)28-15-9-6-10-16-28/h5-10,13-16,19-22,24,29-30,33H,11-12,17-18,23H2,1-4H3/t24-,29+,30-/m0/s1. The van der Waals surface area contributed by atoms with Crippen LogP contribution in [0.25, 0.3) is 0 Å². The van der Waals surface area contributed by atoms with Gasteiger partial charge in [-0.15, -0.1) is 0 Å². The molecule has 0 spiro atoms. The molecule has 0 radical (unpaired) electrons. The van der Waals surface area contributed by atoms with E-state index in [4.69, 9.17) is 0 Å². The van der Waals surface area contributed by atoms with Crippen LogP contribution in [-0.4, -0.2) is 17.9 Å². The van der Waals surface area contributed by atoms with Gasteiger partial charge in [-0.25, -0.2) is 0 Å². The monoisotopic (exact) mass is 468 g/mol. The van der Waals surface area contributed by atoms with Crippen molar-refractivity contribution in [2.75, 3.05) is 7.05 Å². The molecule has 3 nitrogen and oxygen atoms in total. The van der Waals surface area contributed by atoms with Crippen molar-refractivity contribution in [3.05, 3.63) is 107 Å². The summed E-state index contributed by atoms with van der Waals surface area (Å²) in [7, 11) is 1.97. The Balaban J connectivity index is 1.43. The molecule has 3 heteroatoms. The Morgan fingerprint density at radius 3 is 2.17 bits per heavy atom. The van der Waals surface area contributed by atoms with Gasteiger partial charge in [0.1, 0.15) is 0 Å². The molecule has 1 N–H and O–H groups in total. The second kappa shape index (κ2) is 11.2. The lowest BCUT2D eigenvalue weighted by Gasteiger charge is -2.36. The van der Waals surface area contributed by atoms with E-state index in [0.717, 1.165) is 25.8 Å². The minimum absolute atomic E-state index is 0.0564. The predicted octanol–water partition coefficient (Wildman–Crippen LogP) is 7.20. The number of nitrogens with zero attached hydrogens (tertiary/aromatic N) is 1. The molecule has 35 heavy (non-hydrogen) atoms. The van der Waals surface area contributed by atoms with Crippen molar-refractivity contribution in [1.29, 1.82) is 0 Å². The smallest absolute Gasteiger partial charge is 0.226 e. The van der Waals surface area contributed by atoms with Gasteiger partial charge in [-0.1, -0.05) is 97.8 Å². The molecule has 0 saturated heterocycles. The van der Waals surface area contributed by atoms with Crippen LogP contribution in [-0.2, 0) is 16.9 Å². The molecule has 4 rings (SSSR count). The van der Waals surface area contributed by atoms with Crippen LogP contribution in [0.4, 0.5) is 0 Å². The van der Waals surface area contributed by atoms with Gasteiger partial charge in [0, 0.05) is 25.0 Å². The molecule has 3 aromatic rings. The van der Waals surface area contributed by atoms with Gasteiger partial charge >= 0.3 is 0 Å². The summed E-state index contributed by atoms with van der Waals surface area (Å²) in [5.41, 5.74) is 4.95. The van der Waals surface area contributed by atoms with Gasteiger partial charge in [0.05, 0.1) is 6.04 Å². The molecule has 1 amide bonds. The first-order valence-electron chi connectivity index (χ1n) is 13.1. The average molecular weight is 469 g/mol. The Morgan fingerprint density at radius 1 is 0.914 bits per heavy atom. The van der Waals surface area contributed by atoms with Crippen molar-refractivity contribution in [3.63, 3.8) is 0 Å². The maximum Gasteiger partial charge on any atom is 0.226 e. The van der Waals surface area contributed by atoms with E-state index in [2.05, 4.69) is 92.8 Å². The van der Waals surface area contributed by atoms with Crippen LogP contribution in [0.2, 0.25) is 0 Å². The summed E-state index contributed by atoms with van der Waals surface area (Å²) < 4.78 is 0. The summed E-state index contributed by atoms with van der Waals surface area (Å²) in [4.78, 5) is 15.6. The highest BCUT2D eigenvalue weighted by molar-refractivity contribution is 5.80. The number of carbonyl (C=O) groups excluding carboxylic acids is 1. The molecule has 0 heterocycles. The number of benzene rings is 3. The minimum Gasteiger partial charge on any atom is -0.339 e. The summed E-state index contributed by atoms with van der Waals surface area (Å²) >= 11 is 0. The fraction of sp³-hybridized carbons (Fsp3) is 0.406. The van der Waals surface area contributed by atoms with Gasteiger partial charge in [-0.3, -0.25) is 4.79 Å². The maximum absolute atomic E-state index is 13.6. The molecule has 3 atom stereocenters. The molecule has 0 bridgehead atoms. The highest BCUT2D eigenvalue weighted by atomic mass is 16.2. The van der Waals surface area contributed by atoms with E-state index in [1.165, 1.54) is 28.7 Å². The lowest BCUT2D eigenvalue weighted by atomic mass is 9.74. The maximum atomic E-state index is 13.6. The fourth-order valence-corrected chi connectivity index (χ4v) is 5.40. The van der Waals surface area contributed by atoms with Crippen molar-refractivity contribution < 1.29 is 4.79 Å². The Kier molecular flexibility index (Phi) is 8.07. The van der Waals surface area contributed by atoms with E-state index < -0.39 is 0 Å². The molecule has 1 aliphatic rings. The van der Waals surface area contributed by atoms with Crippen LogP contribution in [0.1, 0.15) is 80.7 Å². The van der Waals surface area contributed by atoms with Crippen LogP contribution in [0.15, 0.2) is 84.9 Å². The topological polar surface area (TPSA) is 32.3 Å². The lowest BCUT2D eigenvalue weighted by Crippen LogP contribution is -2.38. The third-order valence-corrected chi connectivity index (χ3v) is 7.93. The van der Waals surface area contributed by atoms with E-state index >= 15 is 0 Å². The number of rotatable bonds is 8. The van der Waals surface area contributed by atoms with Crippen molar-refractivity contribution in [3.8, 4) is 0 Å². The van der Waals surface area contributed by atoms with E-state index in [1.807, 2.05) is 30.1 Å². The molecular weight excluding hydrogens is 428 g/mol. The molecule has 1 saturated carbocycles. The zero-order chi connectivity index (χ0) is 24.8. The summed E-state index contributed by atoms with van der Waals surface area (Å²) in [6.07, 6.45) is 4.39. The molecule has 1 aliphatic carbocycles. The van der Waals surface area contributed by atoms with Gasteiger partial charge in [-0.2, -0.15) is 0 Å². The number of hydrogen-bond donors (Lipinski definition) is 1. The number of nitrogens with one attached hydrogen (secondary N) is 1. The molecule has 184 valence electrons. The van der Waals surface area contributed by atoms with E-state index in [-0.39, 0.29) is 23.4 Å². The molecule has 1 fully saturated rings. The van der Waals surface area contributed by atoms with Crippen LogP contribution in [0.5, 0.6) is 0 Å². The second-order valence-corrected chi connectivity index (χ2v) is 10.6. The van der Waals surface area contributed by atoms with Gasteiger partial charge in [-0.05, 0) is 61.8 Å². The predicted molar refractivity (Wildman–Crippen MR) is 145 cm³/mol. The SMILES string of the molecule is C[C@@H](c1ccccc1)N(C)C(=O)[C@H]1CCCC[C@@H]1c1ccc(CNC(C)(C)c2ccccc2)cc1. The van der Waals surface area contributed by atoms with Gasteiger partial charge < -0.3 is 10.2 Å². The van der Waals surface area contributed by atoms with Crippen LogP contribution in [0, 0.1) is 5.92 Å². The lowest BCUT2D eigenvalue weighted by molar-refractivity contribution is -0.137. The van der Waals surface area contributed by atoms with Crippen LogP contribution < -0.4 is 5.32 Å². The third kappa shape index (κ3) is 6.02. The van der Waals surface area contributed by atoms with Crippen molar-refractivity contribution in [2.24, 2.45) is 5.92 Å². The normalized spacial score (nSPS) is 19.2. The minimum atomic E-state index is -0.0964. The summed E-state index contributed by atoms with van der Waals surface area (Å²) in [5.74, 6) is 0.631. The highest BCUT2D eigenvalue weighted by Gasteiger charge is 2.35. The van der Waals surface area contributed by atoms with E-state index in [9.17, 15) is 4.79 Å². The number of carbonyl (C=O) groups is 1. The molecular formula is C32H40N2O. The third-order valence-electron chi connectivity index (χ3n) is 7.93. The zero-order valence-electron chi connectivity index (χ0n) is 21.7. The average Bonchev–Trinajstić information content (AvgIpc) is 2.92. The molecule has 3 aromatic carbocycles. The number of amides is 1.